The molecule has 2 N–H and O–H groups in total. The van der Waals surface area contributed by atoms with Crippen LogP contribution in [0.3, 0.4) is 0 Å². The number of rotatable bonds is 5. The van der Waals surface area contributed by atoms with Crippen LogP contribution >= 0.6 is 0 Å². The van der Waals surface area contributed by atoms with Crippen molar-refractivity contribution in [1.82, 2.24) is 15.5 Å². The highest BCUT2D eigenvalue weighted by Gasteiger charge is 2.30. The maximum absolute atomic E-state index is 12.4. The van der Waals surface area contributed by atoms with Gasteiger partial charge >= 0.3 is 6.09 Å². The molecule has 0 radical (unpaired) electrons. The highest BCUT2D eigenvalue weighted by atomic mass is 16.6. The number of likely N-dealkylation sites (tertiary alicyclic amines) is 1. The highest BCUT2D eigenvalue weighted by molar-refractivity contribution is 5.94. The van der Waals surface area contributed by atoms with Crippen LogP contribution in [0.5, 0.6) is 0 Å². The SMILES string of the molecule is C=CC(=O)NCc1ccc(C(=O)NC2CCN(C(=O)OC(C)(C)C)C2)cc1. The summed E-state index contributed by atoms with van der Waals surface area (Å²) in [6.45, 7) is 10.2. The van der Waals surface area contributed by atoms with Crippen LogP contribution in [0.4, 0.5) is 4.79 Å². The Morgan fingerprint density at radius 3 is 2.52 bits per heavy atom. The Kier molecular flexibility index (Phi) is 6.60. The van der Waals surface area contributed by atoms with Crippen molar-refractivity contribution in [1.29, 1.82) is 0 Å². The number of carbonyl (C=O) groups is 3. The van der Waals surface area contributed by atoms with E-state index in [0.717, 1.165) is 5.56 Å². The second-order valence-corrected chi connectivity index (χ2v) is 7.50. The number of benzene rings is 1. The zero-order chi connectivity index (χ0) is 20.0. The van der Waals surface area contributed by atoms with Gasteiger partial charge in [0.05, 0.1) is 0 Å². The van der Waals surface area contributed by atoms with Gasteiger partial charge in [0.25, 0.3) is 5.91 Å². The number of hydrogen-bond acceptors (Lipinski definition) is 4. The lowest BCUT2D eigenvalue weighted by Crippen LogP contribution is -2.40. The van der Waals surface area contributed by atoms with Crippen molar-refractivity contribution in [2.75, 3.05) is 13.1 Å². The second kappa shape index (κ2) is 8.70. The number of amides is 3. The van der Waals surface area contributed by atoms with E-state index in [4.69, 9.17) is 4.74 Å². The molecule has 1 unspecified atom stereocenters. The molecular weight excluding hydrogens is 346 g/mol. The Morgan fingerprint density at radius 1 is 1.26 bits per heavy atom. The van der Waals surface area contributed by atoms with Gasteiger partial charge in [-0.15, -0.1) is 0 Å². The van der Waals surface area contributed by atoms with Gasteiger partial charge in [-0.1, -0.05) is 18.7 Å². The standard InChI is InChI=1S/C20H27N3O4/c1-5-17(24)21-12-14-6-8-15(9-7-14)18(25)22-16-10-11-23(13-16)19(26)27-20(2,3)4/h5-9,16H,1,10-13H2,2-4H3,(H,21,24)(H,22,25). The molecule has 146 valence electrons. The number of hydrogen-bond donors (Lipinski definition) is 2. The second-order valence-electron chi connectivity index (χ2n) is 7.50. The van der Waals surface area contributed by atoms with E-state index in [1.54, 1.807) is 29.2 Å². The zero-order valence-electron chi connectivity index (χ0n) is 16.1. The van der Waals surface area contributed by atoms with Gasteiger partial charge in [-0.25, -0.2) is 4.79 Å². The van der Waals surface area contributed by atoms with Gasteiger partial charge in [0.1, 0.15) is 5.60 Å². The van der Waals surface area contributed by atoms with Gasteiger partial charge in [-0.05, 0) is 51.0 Å². The molecule has 1 aromatic rings. The first kappa shape index (κ1) is 20.5. The van der Waals surface area contributed by atoms with Gasteiger partial charge in [0.15, 0.2) is 0 Å². The molecule has 27 heavy (non-hydrogen) atoms. The van der Waals surface area contributed by atoms with Crippen LogP contribution in [0.2, 0.25) is 0 Å². The third-order valence-electron chi connectivity index (χ3n) is 4.04. The summed E-state index contributed by atoms with van der Waals surface area (Å²) in [5.74, 6) is -0.430. The number of nitrogens with zero attached hydrogens (tertiary/aromatic N) is 1. The first-order chi connectivity index (χ1) is 12.7. The van der Waals surface area contributed by atoms with Crippen molar-refractivity contribution in [3.05, 3.63) is 48.0 Å². The lowest BCUT2D eigenvalue weighted by molar-refractivity contribution is -0.116. The number of carbonyl (C=O) groups excluding carboxylic acids is 3. The molecular formula is C20H27N3O4. The van der Waals surface area contributed by atoms with Crippen LogP contribution in [0.1, 0.15) is 43.1 Å². The average Bonchev–Trinajstić information content (AvgIpc) is 3.07. The Hall–Kier alpha value is -2.83. The molecule has 2 rings (SSSR count). The van der Waals surface area contributed by atoms with Gasteiger partial charge in [-0.3, -0.25) is 9.59 Å². The molecule has 1 fully saturated rings. The third kappa shape index (κ3) is 6.44. The monoisotopic (exact) mass is 373 g/mol. The summed E-state index contributed by atoms with van der Waals surface area (Å²) >= 11 is 0. The summed E-state index contributed by atoms with van der Waals surface area (Å²) in [7, 11) is 0. The van der Waals surface area contributed by atoms with Crippen molar-refractivity contribution in [3.63, 3.8) is 0 Å². The summed E-state index contributed by atoms with van der Waals surface area (Å²) in [6.07, 6.45) is 1.55. The van der Waals surface area contributed by atoms with Crippen molar-refractivity contribution >= 4 is 17.9 Å². The minimum atomic E-state index is -0.536. The van der Waals surface area contributed by atoms with Crippen LogP contribution in [-0.2, 0) is 16.1 Å². The summed E-state index contributed by atoms with van der Waals surface area (Å²) in [4.78, 5) is 37.3. The molecule has 0 bridgehead atoms. The van der Waals surface area contributed by atoms with Crippen molar-refractivity contribution < 1.29 is 19.1 Å². The predicted molar refractivity (Wildman–Crippen MR) is 102 cm³/mol. The minimum Gasteiger partial charge on any atom is -0.444 e. The van der Waals surface area contributed by atoms with Crippen LogP contribution in [0, 0.1) is 0 Å². The lowest BCUT2D eigenvalue weighted by atomic mass is 10.1. The Bertz CT molecular complexity index is 707. The molecule has 0 saturated carbocycles. The molecule has 0 spiro atoms. The quantitative estimate of drug-likeness (QED) is 0.775. The largest absolute Gasteiger partial charge is 0.444 e. The Morgan fingerprint density at radius 2 is 1.93 bits per heavy atom. The molecule has 0 aliphatic carbocycles. The molecule has 7 nitrogen and oxygen atoms in total. The summed E-state index contributed by atoms with van der Waals surface area (Å²) < 4.78 is 5.36. The summed E-state index contributed by atoms with van der Waals surface area (Å²) in [5, 5.41) is 5.63. The summed E-state index contributed by atoms with van der Waals surface area (Å²) in [6, 6.07) is 6.91. The smallest absolute Gasteiger partial charge is 0.410 e. The molecule has 7 heteroatoms. The van der Waals surface area contributed by atoms with E-state index in [1.807, 2.05) is 20.8 Å². The van der Waals surface area contributed by atoms with Gasteiger partial charge in [-0.2, -0.15) is 0 Å². The molecule has 0 aromatic heterocycles. The van der Waals surface area contributed by atoms with Crippen molar-refractivity contribution in [2.45, 2.75) is 45.4 Å². The van der Waals surface area contributed by atoms with Crippen LogP contribution in [0.15, 0.2) is 36.9 Å². The average molecular weight is 373 g/mol. The molecule has 1 saturated heterocycles. The van der Waals surface area contributed by atoms with E-state index in [2.05, 4.69) is 17.2 Å². The Labute approximate surface area is 159 Å². The maximum atomic E-state index is 12.4. The first-order valence-electron chi connectivity index (χ1n) is 8.96. The van der Waals surface area contributed by atoms with E-state index in [1.165, 1.54) is 6.08 Å². The van der Waals surface area contributed by atoms with E-state index in [-0.39, 0.29) is 23.9 Å². The maximum Gasteiger partial charge on any atom is 0.410 e. The highest BCUT2D eigenvalue weighted by Crippen LogP contribution is 2.16. The summed E-state index contributed by atoms with van der Waals surface area (Å²) in [5.41, 5.74) is 0.883. The van der Waals surface area contributed by atoms with Gasteiger partial charge < -0.3 is 20.3 Å². The Balaban J connectivity index is 1.84. The zero-order valence-corrected chi connectivity index (χ0v) is 16.1. The molecule has 1 atom stereocenters. The number of nitrogens with one attached hydrogen (secondary N) is 2. The van der Waals surface area contributed by atoms with Gasteiger partial charge in [0.2, 0.25) is 5.91 Å². The molecule has 1 aromatic carbocycles. The van der Waals surface area contributed by atoms with Crippen molar-refractivity contribution in [3.8, 4) is 0 Å². The molecule has 1 aliphatic heterocycles. The molecule has 3 amide bonds. The predicted octanol–water partition coefficient (Wildman–Crippen LogP) is 2.23. The van der Waals surface area contributed by atoms with Crippen LogP contribution in [0.25, 0.3) is 0 Å². The number of ether oxygens (including phenoxy) is 1. The van der Waals surface area contributed by atoms with Gasteiger partial charge in [0, 0.05) is 31.2 Å². The fourth-order valence-corrected chi connectivity index (χ4v) is 2.67. The van der Waals surface area contributed by atoms with E-state index < -0.39 is 5.60 Å². The van der Waals surface area contributed by atoms with E-state index >= 15 is 0 Å². The van der Waals surface area contributed by atoms with E-state index in [0.29, 0.717) is 31.6 Å². The first-order valence-corrected chi connectivity index (χ1v) is 8.96. The fraction of sp³-hybridized carbons (Fsp3) is 0.450. The van der Waals surface area contributed by atoms with E-state index in [9.17, 15) is 14.4 Å². The van der Waals surface area contributed by atoms with Crippen LogP contribution < -0.4 is 10.6 Å². The lowest BCUT2D eigenvalue weighted by Gasteiger charge is -2.24. The third-order valence-corrected chi connectivity index (χ3v) is 4.04. The topological polar surface area (TPSA) is 87.7 Å². The fourth-order valence-electron chi connectivity index (χ4n) is 2.67. The minimum absolute atomic E-state index is 0.100. The molecule has 1 aliphatic rings. The van der Waals surface area contributed by atoms with Crippen LogP contribution in [-0.4, -0.2) is 47.5 Å². The van der Waals surface area contributed by atoms with Crippen molar-refractivity contribution in [2.24, 2.45) is 0 Å². The normalized spacial score (nSPS) is 16.6. The molecule has 1 heterocycles.